The molecule has 0 saturated heterocycles. The topological polar surface area (TPSA) is 21.5 Å². The molecule has 0 atom stereocenters. The lowest BCUT2D eigenvalue weighted by Gasteiger charge is -2.02. The first-order valence-corrected chi connectivity index (χ1v) is 4.45. The maximum Gasteiger partial charge on any atom is 0.255 e. The van der Waals surface area contributed by atoms with E-state index in [2.05, 4.69) is 15.9 Å². The SMILES string of the molecule is O=c1ccc(Br)c2c(F)cccn12. The van der Waals surface area contributed by atoms with Gasteiger partial charge in [0.2, 0.25) is 0 Å². The van der Waals surface area contributed by atoms with Crippen LogP contribution in [0.4, 0.5) is 4.39 Å². The minimum atomic E-state index is -0.410. The molecule has 66 valence electrons. The van der Waals surface area contributed by atoms with Gasteiger partial charge >= 0.3 is 0 Å². The van der Waals surface area contributed by atoms with E-state index in [-0.39, 0.29) is 11.1 Å². The summed E-state index contributed by atoms with van der Waals surface area (Å²) in [4.78, 5) is 11.3. The third-order valence-electron chi connectivity index (χ3n) is 1.78. The molecule has 0 radical (unpaired) electrons. The molecule has 0 unspecified atom stereocenters. The minimum absolute atomic E-state index is 0.238. The fourth-order valence-corrected chi connectivity index (χ4v) is 1.71. The zero-order valence-corrected chi connectivity index (χ0v) is 8.08. The van der Waals surface area contributed by atoms with E-state index in [1.165, 1.54) is 28.8 Å². The Kier molecular flexibility index (Phi) is 1.92. The van der Waals surface area contributed by atoms with Gasteiger partial charge in [0.25, 0.3) is 5.56 Å². The Morgan fingerprint density at radius 2 is 2.08 bits per heavy atom. The van der Waals surface area contributed by atoms with E-state index < -0.39 is 5.82 Å². The van der Waals surface area contributed by atoms with Crippen LogP contribution < -0.4 is 5.56 Å². The molecule has 0 fully saturated rings. The van der Waals surface area contributed by atoms with Crippen molar-refractivity contribution in [1.82, 2.24) is 4.40 Å². The molecule has 0 spiro atoms. The van der Waals surface area contributed by atoms with Crippen LogP contribution in [0, 0.1) is 5.82 Å². The molecule has 0 aromatic carbocycles. The van der Waals surface area contributed by atoms with Crippen molar-refractivity contribution in [2.45, 2.75) is 0 Å². The van der Waals surface area contributed by atoms with Gasteiger partial charge in [-0.25, -0.2) is 4.39 Å². The number of pyridine rings is 2. The Labute approximate surface area is 81.8 Å². The first kappa shape index (κ1) is 8.44. The van der Waals surface area contributed by atoms with Crippen LogP contribution in [0.1, 0.15) is 0 Å². The van der Waals surface area contributed by atoms with Crippen LogP contribution in [0.15, 0.2) is 39.7 Å². The van der Waals surface area contributed by atoms with Gasteiger partial charge in [-0.3, -0.25) is 9.20 Å². The average Bonchev–Trinajstić information content (AvgIpc) is 2.12. The molecule has 0 amide bonds. The summed E-state index contributed by atoms with van der Waals surface area (Å²) in [7, 11) is 0. The molecular formula is C9H5BrFNO. The van der Waals surface area contributed by atoms with Crippen LogP contribution in [0.5, 0.6) is 0 Å². The molecule has 0 N–H and O–H groups in total. The highest BCUT2D eigenvalue weighted by atomic mass is 79.9. The summed E-state index contributed by atoms with van der Waals surface area (Å²) in [6.45, 7) is 0. The monoisotopic (exact) mass is 241 g/mol. The second kappa shape index (κ2) is 2.96. The molecule has 0 aliphatic heterocycles. The van der Waals surface area contributed by atoms with Crippen LogP contribution in [-0.2, 0) is 0 Å². The smallest absolute Gasteiger partial charge is 0.255 e. The third-order valence-corrected chi connectivity index (χ3v) is 2.42. The number of fused-ring (bicyclic) bond motifs is 1. The number of hydrogen-bond acceptors (Lipinski definition) is 1. The predicted molar refractivity (Wildman–Crippen MR) is 51.3 cm³/mol. The van der Waals surface area contributed by atoms with Crippen LogP contribution >= 0.6 is 15.9 Å². The Balaban J connectivity index is 3.09. The molecule has 4 heteroatoms. The maximum atomic E-state index is 13.2. The number of rotatable bonds is 0. The quantitative estimate of drug-likeness (QED) is 0.693. The van der Waals surface area contributed by atoms with Gasteiger partial charge in [0.15, 0.2) is 0 Å². The average molecular weight is 242 g/mol. The van der Waals surface area contributed by atoms with E-state index in [0.717, 1.165) is 0 Å². The van der Waals surface area contributed by atoms with Gasteiger partial charge in [-0.15, -0.1) is 0 Å². The van der Waals surface area contributed by atoms with E-state index in [1.807, 2.05) is 0 Å². The van der Waals surface area contributed by atoms with E-state index in [4.69, 9.17) is 0 Å². The Bertz CT molecular complexity index is 512. The summed E-state index contributed by atoms with van der Waals surface area (Å²) in [5.74, 6) is -0.410. The van der Waals surface area contributed by atoms with Gasteiger partial charge in [0.1, 0.15) is 5.82 Å². The first-order chi connectivity index (χ1) is 6.20. The van der Waals surface area contributed by atoms with E-state index in [9.17, 15) is 9.18 Å². The molecule has 0 aliphatic carbocycles. The second-order valence-electron chi connectivity index (χ2n) is 2.59. The summed E-state index contributed by atoms with van der Waals surface area (Å²) >= 11 is 3.18. The predicted octanol–water partition coefficient (Wildman–Crippen LogP) is 2.20. The van der Waals surface area contributed by atoms with E-state index >= 15 is 0 Å². The van der Waals surface area contributed by atoms with Gasteiger partial charge in [-0.2, -0.15) is 0 Å². The number of hydrogen-bond donors (Lipinski definition) is 0. The minimum Gasteiger partial charge on any atom is -0.280 e. The molecule has 13 heavy (non-hydrogen) atoms. The van der Waals surface area contributed by atoms with Crippen molar-refractivity contribution < 1.29 is 4.39 Å². The van der Waals surface area contributed by atoms with Gasteiger partial charge in [0, 0.05) is 16.7 Å². The van der Waals surface area contributed by atoms with Crippen LogP contribution in [0.25, 0.3) is 5.52 Å². The largest absolute Gasteiger partial charge is 0.280 e. The molecule has 0 aliphatic rings. The van der Waals surface area contributed by atoms with E-state index in [1.54, 1.807) is 6.07 Å². The maximum absolute atomic E-state index is 13.2. The molecule has 2 nitrogen and oxygen atoms in total. The van der Waals surface area contributed by atoms with Crippen molar-refractivity contribution in [1.29, 1.82) is 0 Å². The molecule has 2 heterocycles. The Hall–Kier alpha value is -1.16. The molecular weight excluding hydrogens is 237 g/mol. The molecule has 2 aromatic rings. The first-order valence-electron chi connectivity index (χ1n) is 3.65. The lowest BCUT2D eigenvalue weighted by atomic mass is 10.3. The van der Waals surface area contributed by atoms with Crippen molar-refractivity contribution in [3.63, 3.8) is 0 Å². The zero-order chi connectivity index (χ0) is 9.42. The van der Waals surface area contributed by atoms with Crippen LogP contribution in [0.3, 0.4) is 0 Å². The lowest BCUT2D eigenvalue weighted by molar-refractivity contribution is 0.631. The van der Waals surface area contributed by atoms with Crippen molar-refractivity contribution >= 4 is 21.4 Å². The summed E-state index contributed by atoms with van der Waals surface area (Å²) < 4.78 is 15.1. The highest BCUT2D eigenvalue weighted by Gasteiger charge is 2.04. The van der Waals surface area contributed by atoms with Crippen molar-refractivity contribution in [3.8, 4) is 0 Å². The second-order valence-corrected chi connectivity index (χ2v) is 3.45. The third kappa shape index (κ3) is 1.27. The summed E-state index contributed by atoms with van der Waals surface area (Å²) in [5.41, 5.74) is 0.0349. The fraction of sp³-hybridized carbons (Fsp3) is 0. The Morgan fingerprint density at radius 3 is 2.77 bits per heavy atom. The normalized spacial score (nSPS) is 10.6. The van der Waals surface area contributed by atoms with Gasteiger partial charge < -0.3 is 0 Å². The summed E-state index contributed by atoms with van der Waals surface area (Å²) in [6, 6.07) is 5.74. The summed E-state index contributed by atoms with van der Waals surface area (Å²) in [5, 5.41) is 0. The van der Waals surface area contributed by atoms with Crippen molar-refractivity contribution in [2.75, 3.05) is 0 Å². The van der Waals surface area contributed by atoms with E-state index in [0.29, 0.717) is 4.47 Å². The van der Waals surface area contributed by atoms with Crippen molar-refractivity contribution in [2.24, 2.45) is 0 Å². The standard InChI is InChI=1S/C9H5BrFNO/c10-6-3-4-8(13)12-5-1-2-7(11)9(6)12/h1-5H. The number of halogens is 2. The number of aromatic nitrogens is 1. The van der Waals surface area contributed by atoms with Gasteiger partial charge in [0.05, 0.1) is 5.52 Å². The molecule has 2 aromatic heterocycles. The lowest BCUT2D eigenvalue weighted by Crippen LogP contribution is -2.12. The van der Waals surface area contributed by atoms with Crippen LogP contribution in [-0.4, -0.2) is 4.40 Å². The molecule has 2 rings (SSSR count). The Morgan fingerprint density at radius 1 is 1.31 bits per heavy atom. The molecule has 0 bridgehead atoms. The van der Waals surface area contributed by atoms with Gasteiger partial charge in [-0.05, 0) is 34.1 Å². The fourth-order valence-electron chi connectivity index (χ4n) is 1.20. The number of nitrogens with zero attached hydrogens (tertiary/aromatic N) is 1. The molecule has 0 saturated carbocycles. The van der Waals surface area contributed by atoms with Crippen LogP contribution in [0.2, 0.25) is 0 Å². The summed E-state index contributed by atoms with van der Waals surface area (Å²) in [6.07, 6.45) is 1.53. The van der Waals surface area contributed by atoms with Crippen molar-refractivity contribution in [3.05, 3.63) is 51.1 Å². The van der Waals surface area contributed by atoms with Gasteiger partial charge in [-0.1, -0.05) is 0 Å². The highest BCUT2D eigenvalue weighted by molar-refractivity contribution is 9.10. The zero-order valence-electron chi connectivity index (χ0n) is 6.50. The highest BCUT2D eigenvalue weighted by Crippen LogP contribution is 2.18.